The third-order valence-corrected chi connectivity index (χ3v) is 7.22. The second-order valence-corrected chi connectivity index (χ2v) is 10.2. The molecule has 0 N–H and O–H groups in total. The molecule has 1 saturated heterocycles. The number of benzene rings is 1. The third-order valence-electron chi connectivity index (χ3n) is 7.22. The molecule has 10 heteroatoms. The predicted octanol–water partition coefficient (Wildman–Crippen LogP) is 2.16. The molecule has 37 heavy (non-hydrogen) atoms. The van der Waals surface area contributed by atoms with Crippen molar-refractivity contribution in [3.8, 4) is 5.88 Å². The van der Waals surface area contributed by atoms with E-state index in [1.165, 1.54) is 24.1 Å². The van der Waals surface area contributed by atoms with Crippen molar-refractivity contribution >= 4 is 23.4 Å². The molecule has 2 aliphatic rings. The topological polar surface area (TPSA) is 86.3 Å². The van der Waals surface area contributed by atoms with Crippen LogP contribution in [0.3, 0.4) is 0 Å². The Morgan fingerprint density at radius 1 is 1.08 bits per heavy atom. The van der Waals surface area contributed by atoms with Gasteiger partial charge in [-0.05, 0) is 37.6 Å². The fourth-order valence-electron chi connectivity index (χ4n) is 5.11. The molecule has 2 amide bonds. The predicted molar refractivity (Wildman–Crippen MR) is 137 cm³/mol. The molecule has 1 fully saturated rings. The number of halogens is 1. The number of likely N-dealkylation sites (N-methyl/N-ethyl adjacent to an activating group) is 2. The summed E-state index contributed by atoms with van der Waals surface area (Å²) in [6.07, 6.45) is 0. The molecule has 1 aromatic heterocycles. The molecule has 2 aliphatic heterocycles. The number of piperazine rings is 1. The smallest absolute Gasteiger partial charge is 0.290 e. The lowest BCUT2D eigenvalue weighted by Gasteiger charge is -2.44. The van der Waals surface area contributed by atoms with Crippen LogP contribution in [0, 0.1) is 5.82 Å². The summed E-state index contributed by atoms with van der Waals surface area (Å²) >= 11 is 0. The number of aromatic nitrogens is 1. The van der Waals surface area contributed by atoms with Crippen molar-refractivity contribution in [3.05, 3.63) is 52.8 Å². The average Bonchev–Trinajstić information content (AvgIpc) is 3.20. The van der Waals surface area contributed by atoms with Gasteiger partial charge in [0.05, 0.1) is 13.0 Å². The first-order valence-electron chi connectivity index (χ1n) is 12.4. The third kappa shape index (κ3) is 5.16. The fraction of sp³-hybridized carbons (Fsp3) is 0.481. The van der Waals surface area contributed by atoms with E-state index >= 15 is 0 Å². The molecule has 0 spiro atoms. The van der Waals surface area contributed by atoms with Crippen molar-refractivity contribution in [2.24, 2.45) is 0 Å². The van der Waals surface area contributed by atoms with Crippen LogP contribution in [0.5, 0.6) is 5.88 Å². The Balaban J connectivity index is 1.58. The minimum atomic E-state index is -0.705. The number of hydrogen-bond acceptors (Lipinski definition) is 7. The minimum Gasteiger partial charge on any atom is -0.480 e. The highest BCUT2D eigenvalue weighted by Crippen LogP contribution is 2.38. The molecule has 1 unspecified atom stereocenters. The number of methoxy groups -OCH3 is 1. The number of ether oxygens (including phenoxy) is 1. The van der Waals surface area contributed by atoms with Crippen LogP contribution >= 0.6 is 0 Å². The molecule has 3 atom stereocenters. The lowest BCUT2D eigenvalue weighted by molar-refractivity contribution is -0.143. The summed E-state index contributed by atoms with van der Waals surface area (Å²) < 4.78 is 18.8. The van der Waals surface area contributed by atoms with Crippen LogP contribution in [0.4, 0.5) is 10.2 Å². The average molecular weight is 512 g/mol. The fourth-order valence-corrected chi connectivity index (χ4v) is 5.11. The van der Waals surface area contributed by atoms with E-state index in [0.717, 1.165) is 5.56 Å². The molecule has 3 heterocycles. The molecular weight excluding hydrogens is 477 g/mol. The molecule has 0 radical (unpaired) electrons. The number of pyridine rings is 1. The first-order valence-corrected chi connectivity index (χ1v) is 12.4. The van der Waals surface area contributed by atoms with Gasteiger partial charge in [0.25, 0.3) is 11.8 Å². The van der Waals surface area contributed by atoms with E-state index in [0.29, 0.717) is 37.6 Å². The van der Waals surface area contributed by atoms with Crippen LogP contribution in [-0.2, 0) is 16.1 Å². The van der Waals surface area contributed by atoms with Gasteiger partial charge in [-0.25, -0.2) is 4.39 Å². The highest BCUT2D eigenvalue weighted by molar-refractivity contribution is 6.38. The number of hydrogen-bond donors (Lipinski definition) is 0. The second-order valence-electron chi connectivity index (χ2n) is 10.2. The van der Waals surface area contributed by atoms with Crippen molar-refractivity contribution in [2.45, 2.75) is 38.4 Å². The summed E-state index contributed by atoms with van der Waals surface area (Å²) in [5.74, 6) is -1.60. The summed E-state index contributed by atoms with van der Waals surface area (Å²) in [7, 11) is 6.34. The molecule has 198 valence electrons. The maximum absolute atomic E-state index is 13.8. The Morgan fingerprint density at radius 3 is 2.38 bits per heavy atom. The zero-order valence-electron chi connectivity index (χ0n) is 22.2. The van der Waals surface area contributed by atoms with Gasteiger partial charge in [0.2, 0.25) is 11.7 Å². The largest absolute Gasteiger partial charge is 0.480 e. The summed E-state index contributed by atoms with van der Waals surface area (Å²) in [5, 5.41) is 0. The molecule has 1 aromatic carbocycles. The van der Waals surface area contributed by atoms with Gasteiger partial charge in [0.15, 0.2) is 0 Å². The molecule has 0 bridgehead atoms. The number of nitrogens with zero attached hydrogens (tertiary/aromatic N) is 5. The Morgan fingerprint density at radius 2 is 1.76 bits per heavy atom. The minimum absolute atomic E-state index is 0.0664. The van der Waals surface area contributed by atoms with Crippen LogP contribution in [0.2, 0.25) is 0 Å². The van der Waals surface area contributed by atoms with Crippen LogP contribution in [0.25, 0.3) is 0 Å². The summed E-state index contributed by atoms with van der Waals surface area (Å²) in [5.41, 5.74) is 1.84. The number of fused-ring (bicyclic) bond motifs is 1. The quantitative estimate of drug-likeness (QED) is 0.550. The van der Waals surface area contributed by atoms with E-state index in [-0.39, 0.29) is 35.3 Å². The van der Waals surface area contributed by atoms with Crippen LogP contribution in [-0.4, -0.2) is 97.3 Å². The monoisotopic (exact) mass is 511 g/mol. The normalized spacial score (nSPS) is 21.5. The van der Waals surface area contributed by atoms with Crippen LogP contribution in [0.1, 0.15) is 41.3 Å². The number of amides is 2. The number of anilines is 1. The van der Waals surface area contributed by atoms with Gasteiger partial charge >= 0.3 is 0 Å². The molecule has 4 rings (SSSR count). The molecule has 9 nitrogen and oxygen atoms in total. The van der Waals surface area contributed by atoms with Gasteiger partial charge in [-0.15, -0.1) is 0 Å². The first-order chi connectivity index (χ1) is 17.5. The Bertz CT molecular complexity index is 1200. The van der Waals surface area contributed by atoms with Crippen molar-refractivity contribution in [3.63, 3.8) is 0 Å². The number of carbonyl (C=O) groups is 3. The van der Waals surface area contributed by atoms with Gasteiger partial charge in [-0.2, -0.15) is 4.98 Å². The van der Waals surface area contributed by atoms with Crippen LogP contribution < -0.4 is 9.64 Å². The van der Waals surface area contributed by atoms with Crippen LogP contribution in [0.15, 0.2) is 30.3 Å². The van der Waals surface area contributed by atoms with Gasteiger partial charge < -0.3 is 19.4 Å². The standard InChI is InChI=1S/C27H34FN5O4/c1-16-13-33(17(2)12-32(16)14-18-7-9-19(28)10-8-18)26(35)21-11-20-22(23(34)27(36)30(3)4)15-31(5)24(20)29-25(21)37-6/h7-11,16-17,22H,12-15H2,1-6H3/t16-,17+,22?/m0/s1. The molecular formula is C27H34FN5O4. The van der Waals surface area contributed by atoms with E-state index in [9.17, 15) is 18.8 Å². The van der Waals surface area contributed by atoms with E-state index in [1.54, 1.807) is 49.1 Å². The summed E-state index contributed by atoms with van der Waals surface area (Å²) in [6.45, 7) is 6.15. The number of rotatable bonds is 6. The van der Waals surface area contributed by atoms with E-state index < -0.39 is 17.6 Å². The molecule has 0 saturated carbocycles. The Labute approximate surface area is 216 Å². The molecule has 2 aromatic rings. The number of Topliss-reactive ketones (excluding diaryl/α,β-unsaturated/α-hetero) is 1. The van der Waals surface area contributed by atoms with E-state index in [1.807, 2.05) is 6.92 Å². The Hall–Kier alpha value is -3.53. The summed E-state index contributed by atoms with van der Waals surface area (Å²) in [6, 6.07) is 8.10. The van der Waals surface area contributed by atoms with Crippen molar-refractivity contribution in [1.29, 1.82) is 0 Å². The second kappa shape index (κ2) is 10.5. The summed E-state index contributed by atoms with van der Waals surface area (Å²) in [4.78, 5) is 50.9. The van der Waals surface area contributed by atoms with Gasteiger partial charge in [0, 0.05) is 65.0 Å². The highest BCUT2D eigenvalue weighted by Gasteiger charge is 2.40. The zero-order chi connectivity index (χ0) is 27.0. The van der Waals surface area contributed by atoms with Crippen molar-refractivity contribution in [2.75, 3.05) is 52.8 Å². The van der Waals surface area contributed by atoms with Gasteiger partial charge in [-0.1, -0.05) is 12.1 Å². The lowest BCUT2D eigenvalue weighted by atomic mass is 9.95. The first kappa shape index (κ1) is 26.5. The van der Waals surface area contributed by atoms with E-state index in [2.05, 4.69) is 16.8 Å². The van der Waals surface area contributed by atoms with Gasteiger partial charge in [-0.3, -0.25) is 19.3 Å². The van der Waals surface area contributed by atoms with E-state index in [4.69, 9.17) is 4.74 Å². The maximum Gasteiger partial charge on any atom is 0.290 e. The SMILES string of the molecule is COc1nc2c(cc1C(=O)N1C[C@H](C)N(Cc3ccc(F)cc3)C[C@H]1C)C(C(=O)C(=O)N(C)C)CN2C. The number of ketones is 1. The number of carbonyl (C=O) groups excluding carboxylic acids is 3. The lowest BCUT2D eigenvalue weighted by Crippen LogP contribution is -2.57. The van der Waals surface area contributed by atoms with Gasteiger partial charge in [0.1, 0.15) is 17.2 Å². The highest BCUT2D eigenvalue weighted by atomic mass is 19.1. The Kier molecular flexibility index (Phi) is 7.49. The molecule has 0 aliphatic carbocycles. The van der Waals surface area contributed by atoms with Crippen molar-refractivity contribution < 1.29 is 23.5 Å². The van der Waals surface area contributed by atoms with Crippen molar-refractivity contribution in [1.82, 2.24) is 19.7 Å². The maximum atomic E-state index is 13.8. The zero-order valence-corrected chi connectivity index (χ0v) is 22.2.